The van der Waals surface area contributed by atoms with Crippen LogP contribution < -0.4 is 9.80 Å². The lowest BCUT2D eigenvalue weighted by atomic mass is 9.63. The van der Waals surface area contributed by atoms with Crippen LogP contribution in [0.5, 0.6) is 0 Å². The van der Waals surface area contributed by atoms with Crippen LogP contribution in [0.3, 0.4) is 0 Å². The predicted molar refractivity (Wildman–Crippen MR) is 238 cm³/mol. The van der Waals surface area contributed by atoms with Crippen molar-refractivity contribution >= 4 is 22.7 Å². The van der Waals surface area contributed by atoms with Gasteiger partial charge < -0.3 is 9.80 Å². The van der Waals surface area contributed by atoms with Gasteiger partial charge in [-0.15, -0.1) is 0 Å². The van der Waals surface area contributed by atoms with Crippen LogP contribution in [0.15, 0.2) is 206 Å². The lowest BCUT2D eigenvalue weighted by molar-refractivity contribution is 0.654. The summed E-state index contributed by atoms with van der Waals surface area (Å²) in [6.45, 7) is 4.00. The van der Waals surface area contributed by atoms with E-state index in [-0.39, 0.29) is 5.92 Å². The Bertz CT molecular complexity index is 2560. The van der Waals surface area contributed by atoms with Crippen molar-refractivity contribution in [1.29, 1.82) is 0 Å². The summed E-state index contributed by atoms with van der Waals surface area (Å²) in [7, 11) is 0. The number of hydrogen-bond donors (Lipinski definition) is 0. The number of nitrogens with zero attached hydrogens (tertiary/aromatic N) is 2. The summed E-state index contributed by atoms with van der Waals surface area (Å²) >= 11 is 0. The zero-order chi connectivity index (χ0) is 38.2. The molecule has 0 saturated heterocycles. The average Bonchev–Trinajstić information content (AvgIpc) is 3.58. The topological polar surface area (TPSA) is 6.48 Å². The van der Waals surface area contributed by atoms with Crippen LogP contribution in [0.4, 0.5) is 22.7 Å². The highest BCUT2D eigenvalue weighted by Crippen LogP contribution is 2.64. The molecule has 2 heteroatoms. The first-order valence-electron chi connectivity index (χ1n) is 20.6. The first-order valence-corrected chi connectivity index (χ1v) is 20.6. The predicted octanol–water partition coefficient (Wildman–Crippen LogP) is 14.1. The van der Waals surface area contributed by atoms with Crippen LogP contribution in [-0.4, -0.2) is 0 Å². The maximum atomic E-state index is 4.00. The summed E-state index contributed by atoms with van der Waals surface area (Å²) in [5, 5.41) is 0. The number of fused-ring (bicyclic) bond motifs is 8. The van der Waals surface area contributed by atoms with Gasteiger partial charge in [0.25, 0.3) is 0 Å². The molecule has 3 atom stereocenters. The van der Waals surface area contributed by atoms with Crippen molar-refractivity contribution in [3.8, 4) is 11.1 Å². The van der Waals surface area contributed by atoms with E-state index in [1.165, 1.54) is 69.7 Å². The Kier molecular flexibility index (Phi) is 9.08. The first kappa shape index (κ1) is 34.9. The van der Waals surface area contributed by atoms with Gasteiger partial charge in [-0.3, -0.25) is 0 Å². The molecule has 10 rings (SSSR count). The van der Waals surface area contributed by atoms with Crippen molar-refractivity contribution in [2.45, 2.75) is 49.9 Å². The smallest absolute Gasteiger partial charge is 0.0797 e. The van der Waals surface area contributed by atoms with Gasteiger partial charge in [-0.25, -0.2) is 0 Å². The Morgan fingerprint density at radius 3 is 2.49 bits per heavy atom. The highest BCUT2D eigenvalue weighted by Gasteiger charge is 2.54. The quantitative estimate of drug-likeness (QED) is 0.116. The molecule has 276 valence electrons. The van der Waals surface area contributed by atoms with Crippen LogP contribution in [0.2, 0.25) is 0 Å². The normalized spacial score (nSPS) is 21.6. The highest BCUT2D eigenvalue weighted by molar-refractivity contribution is 5.98. The van der Waals surface area contributed by atoms with Gasteiger partial charge in [0.1, 0.15) is 0 Å². The van der Waals surface area contributed by atoms with E-state index < -0.39 is 5.41 Å². The molecule has 3 unspecified atom stereocenters. The Hall–Kier alpha value is -6.56. The summed E-state index contributed by atoms with van der Waals surface area (Å²) in [6, 6.07) is 47.9. The minimum atomic E-state index is -0.538. The molecule has 1 aliphatic heterocycles. The summed E-state index contributed by atoms with van der Waals surface area (Å²) in [4.78, 5) is 5.00. The van der Waals surface area contributed by atoms with Crippen molar-refractivity contribution < 1.29 is 0 Å². The van der Waals surface area contributed by atoms with Crippen molar-refractivity contribution in [2.75, 3.05) is 9.80 Å². The SMILES string of the molecule is C=C/C=C\C=C(\C1C=CC=CC1)N(c1ccc(C2C=CCCC2)cc1)c1cccc2c1-c1ccccc1C21C2=C(C=CCC2)N(c2ccccc2)c2ccc#cc21. The molecule has 0 aromatic heterocycles. The molecule has 57 heavy (non-hydrogen) atoms. The fourth-order valence-electron chi connectivity index (χ4n) is 10.1. The average molecular weight is 735 g/mol. The Morgan fingerprint density at radius 2 is 1.67 bits per heavy atom. The van der Waals surface area contributed by atoms with E-state index in [0.717, 1.165) is 41.9 Å². The van der Waals surface area contributed by atoms with Crippen LogP contribution in [-0.2, 0) is 5.41 Å². The van der Waals surface area contributed by atoms with E-state index in [1.807, 2.05) is 18.2 Å². The van der Waals surface area contributed by atoms with Crippen molar-refractivity contribution in [2.24, 2.45) is 5.92 Å². The molecular formula is C55H46N2. The highest BCUT2D eigenvalue weighted by atomic mass is 15.2. The van der Waals surface area contributed by atoms with Gasteiger partial charge in [0.15, 0.2) is 0 Å². The summed E-state index contributed by atoms with van der Waals surface area (Å²) in [6.07, 6.45) is 33.3. The van der Waals surface area contributed by atoms with E-state index in [4.69, 9.17) is 0 Å². The van der Waals surface area contributed by atoms with Crippen molar-refractivity contribution in [3.05, 3.63) is 240 Å². The minimum Gasteiger partial charge on any atom is -0.313 e. The Morgan fingerprint density at radius 1 is 0.807 bits per heavy atom. The largest absolute Gasteiger partial charge is 0.313 e. The molecule has 4 aliphatic carbocycles. The number of para-hydroxylation sites is 1. The fraction of sp³-hybridized carbons (Fsp3) is 0.164. The summed E-state index contributed by atoms with van der Waals surface area (Å²) in [5.41, 5.74) is 15.7. The Labute approximate surface area is 338 Å². The molecule has 1 spiro atoms. The molecule has 5 aromatic rings. The zero-order valence-electron chi connectivity index (χ0n) is 32.3. The second-order valence-electron chi connectivity index (χ2n) is 15.6. The van der Waals surface area contributed by atoms with Crippen molar-refractivity contribution in [3.63, 3.8) is 0 Å². The molecule has 0 amide bonds. The Balaban J connectivity index is 1.25. The summed E-state index contributed by atoms with van der Waals surface area (Å²) < 4.78 is 0. The van der Waals surface area contributed by atoms with Crippen molar-refractivity contribution in [1.82, 2.24) is 0 Å². The lowest BCUT2D eigenvalue weighted by Crippen LogP contribution is -2.39. The molecule has 5 aromatic carbocycles. The monoisotopic (exact) mass is 734 g/mol. The molecule has 0 saturated carbocycles. The number of allylic oxidation sites excluding steroid dienone is 13. The van der Waals surface area contributed by atoms with E-state index in [9.17, 15) is 0 Å². The van der Waals surface area contributed by atoms with Crippen LogP contribution in [0, 0.1) is 18.1 Å². The number of hydrogen-bond acceptors (Lipinski definition) is 2. The zero-order valence-corrected chi connectivity index (χ0v) is 32.3. The molecule has 0 fully saturated rings. The third kappa shape index (κ3) is 5.72. The molecule has 0 radical (unpaired) electrons. The van der Waals surface area contributed by atoms with E-state index in [1.54, 1.807) is 0 Å². The maximum absolute atomic E-state index is 4.00. The van der Waals surface area contributed by atoms with Gasteiger partial charge in [0.05, 0.1) is 16.8 Å². The third-order valence-electron chi connectivity index (χ3n) is 12.5. The maximum Gasteiger partial charge on any atom is 0.0797 e. The van der Waals surface area contributed by atoms with E-state index in [2.05, 4.69) is 192 Å². The minimum absolute atomic E-state index is 0.183. The molecule has 5 aliphatic rings. The molecule has 1 heterocycles. The fourth-order valence-corrected chi connectivity index (χ4v) is 10.1. The second kappa shape index (κ2) is 14.8. The molecule has 0 N–H and O–H groups in total. The summed E-state index contributed by atoms with van der Waals surface area (Å²) in [5.74, 6) is 0.648. The van der Waals surface area contributed by atoms with E-state index in [0.29, 0.717) is 5.92 Å². The van der Waals surface area contributed by atoms with Crippen LogP contribution in [0.1, 0.15) is 66.7 Å². The number of rotatable bonds is 8. The number of benzene rings is 4. The standard InChI is InChI=1S/C55H46N2/c1-2-3-7-32-50(42-23-10-5-11-24-42)56(44-38-36-41(37-39-44)40-21-8-4-9-22-40)53-35-20-31-49-54(53)45-27-14-15-28-46(45)55(49)47-29-16-18-33-51(47)57(43-25-12-6-13-26-43)52-34-19-17-30-48(52)55/h2-3,5-8,10-15,18-21,23,25-28,31-40,42H,1,4,9,16,22,24,29H2/b7-3-,50-32-. The van der Waals surface area contributed by atoms with Gasteiger partial charge in [0.2, 0.25) is 0 Å². The van der Waals surface area contributed by atoms with Gasteiger partial charge >= 0.3 is 0 Å². The van der Waals surface area contributed by atoms with Crippen LogP contribution in [0.25, 0.3) is 11.1 Å². The van der Waals surface area contributed by atoms with E-state index >= 15 is 0 Å². The van der Waals surface area contributed by atoms with Gasteiger partial charge in [-0.2, -0.15) is 0 Å². The van der Waals surface area contributed by atoms with Gasteiger partial charge in [-0.1, -0.05) is 146 Å². The number of anilines is 4. The van der Waals surface area contributed by atoms with Crippen LogP contribution >= 0.6 is 0 Å². The molecule has 2 nitrogen and oxygen atoms in total. The van der Waals surface area contributed by atoms with Gasteiger partial charge in [-0.05, 0) is 121 Å². The lowest BCUT2D eigenvalue weighted by Gasteiger charge is -2.46. The first-order chi connectivity index (χ1) is 28.3. The molecule has 0 bridgehead atoms. The van der Waals surface area contributed by atoms with Gasteiger partial charge in [0, 0.05) is 45.7 Å². The second-order valence-corrected chi connectivity index (χ2v) is 15.6. The molecular weight excluding hydrogens is 689 g/mol. The third-order valence-corrected chi connectivity index (χ3v) is 12.5.